The highest BCUT2D eigenvalue weighted by molar-refractivity contribution is 6.88. The van der Waals surface area contributed by atoms with Crippen LogP contribution in [-0.2, 0) is 4.74 Å². The molecule has 0 amide bonds. The maximum absolute atomic E-state index is 14.0. The van der Waals surface area contributed by atoms with Gasteiger partial charge in [-0.15, -0.1) is 5.10 Å². The van der Waals surface area contributed by atoms with E-state index in [1.165, 1.54) is 19.2 Å². The zero-order valence-electron chi connectivity index (χ0n) is 11.8. The minimum absolute atomic E-state index is 0.0917. The monoisotopic (exact) mass is 293 g/mol. The van der Waals surface area contributed by atoms with Gasteiger partial charge in [0.2, 0.25) is 0 Å². The van der Waals surface area contributed by atoms with Crippen molar-refractivity contribution in [3.8, 4) is 5.69 Å². The zero-order valence-corrected chi connectivity index (χ0v) is 12.8. The van der Waals surface area contributed by atoms with Gasteiger partial charge < -0.3 is 4.74 Å². The average molecular weight is 293 g/mol. The lowest BCUT2D eigenvalue weighted by Gasteiger charge is -2.17. The number of halogens is 1. The Morgan fingerprint density at radius 3 is 2.60 bits per heavy atom. The quantitative estimate of drug-likeness (QED) is 0.639. The third kappa shape index (κ3) is 2.62. The van der Waals surface area contributed by atoms with Crippen molar-refractivity contribution in [1.82, 2.24) is 15.0 Å². The predicted molar refractivity (Wildman–Crippen MR) is 75.6 cm³/mol. The largest absolute Gasteiger partial charge is 0.465 e. The number of hydrogen-bond acceptors (Lipinski definition) is 4. The fourth-order valence-electron chi connectivity index (χ4n) is 1.85. The predicted octanol–water partition coefficient (Wildman–Crippen LogP) is 1.74. The normalized spacial score (nSPS) is 11.4. The van der Waals surface area contributed by atoms with Crippen molar-refractivity contribution in [2.75, 3.05) is 7.11 Å². The Bertz CT molecular complexity index is 649. The summed E-state index contributed by atoms with van der Waals surface area (Å²) < 4.78 is 20.1. The van der Waals surface area contributed by atoms with Gasteiger partial charge in [0.1, 0.15) is 13.9 Å². The summed E-state index contributed by atoms with van der Waals surface area (Å²) >= 11 is 0. The first kappa shape index (κ1) is 14.4. The first-order valence-electron chi connectivity index (χ1n) is 6.14. The van der Waals surface area contributed by atoms with Gasteiger partial charge in [-0.2, -0.15) is 0 Å². The van der Waals surface area contributed by atoms with Gasteiger partial charge in [-0.25, -0.2) is 13.9 Å². The molecule has 0 radical (unpaired) electrons. The average Bonchev–Trinajstić information content (AvgIpc) is 2.86. The van der Waals surface area contributed by atoms with E-state index in [-0.39, 0.29) is 5.56 Å². The maximum atomic E-state index is 14.0. The van der Waals surface area contributed by atoms with Crippen LogP contribution in [0.15, 0.2) is 24.4 Å². The SMILES string of the molecule is COC(=O)c1ccc(-n2nncc2[Si](C)(C)C)cc1F. The number of esters is 1. The second-order valence-electron chi connectivity index (χ2n) is 5.44. The lowest BCUT2D eigenvalue weighted by molar-refractivity contribution is 0.0595. The van der Waals surface area contributed by atoms with Crippen molar-refractivity contribution >= 4 is 19.4 Å². The van der Waals surface area contributed by atoms with E-state index < -0.39 is 19.9 Å². The Morgan fingerprint density at radius 1 is 1.35 bits per heavy atom. The molecule has 0 unspecified atom stereocenters. The highest BCUT2D eigenvalue weighted by Gasteiger charge is 2.23. The van der Waals surface area contributed by atoms with Crippen LogP contribution in [0.3, 0.4) is 0 Å². The fraction of sp³-hybridized carbons (Fsp3) is 0.308. The number of ether oxygens (including phenoxy) is 1. The lowest BCUT2D eigenvalue weighted by atomic mass is 10.2. The molecule has 0 bridgehead atoms. The molecular weight excluding hydrogens is 277 g/mol. The van der Waals surface area contributed by atoms with Crippen LogP contribution in [0.25, 0.3) is 5.69 Å². The van der Waals surface area contributed by atoms with E-state index in [1.807, 2.05) is 0 Å². The Kier molecular flexibility index (Phi) is 3.71. The van der Waals surface area contributed by atoms with Crippen molar-refractivity contribution in [2.24, 2.45) is 0 Å². The van der Waals surface area contributed by atoms with Gasteiger partial charge in [0.05, 0.1) is 24.6 Å². The fourth-order valence-corrected chi connectivity index (χ4v) is 3.10. The molecule has 0 saturated carbocycles. The molecular formula is C13H16FN3O2Si. The highest BCUT2D eigenvalue weighted by Crippen LogP contribution is 2.15. The summed E-state index contributed by atoms with van der Waals surface area (Å²) in [5.41, 5.74) is 0.455. The Balaban J connectivity index is 2.48. The van der Waals surface area contributed by atoms with E-state index >= 15 is 0 Å². The van der Waals surface area contributed by atoms with Gasteiger partial charge in [-0.05, 0) is 12.1 Å². The van der Waals surface area contributed by atoms with Crippen LogP contribution in [0.2, 0.25) is 19.6 Å². The van der Waals surface area contributed by atoms with Gasteiger partial charge in [0, 0.05) is 11.4 Å². The molecule has 1 aromatic heterocycles. The van der Waals surface area contributed by atoms with Crippen LogP contribution >= 0.6 is 0 Å². The number of aromatic nitrogens is 3. The summed E-state index contributed by atoms with van der Waals surface area (Å²) in [6.45, 7) is 6.46. The molecule has 0 aliphatic carbocycles. The first-order chi connectivity index (χ1) is 9.34. The topological polar surface area (TPSA) is 57.0 Å². The molecule has 0 atom stereocenters. The zero-order chi connectivity index (χ0) is 14.9. The molecule has 1 heterocycles. The summed E-state index contributed by atoms with van der Waals surface area (Å²) in [5, 5.41) is 8.90. The van der Waals surface area contributed by atoms with Gasteiger partial charge in [0.15, 0.2) is 0 Å². The van der Waals surface area contributed by atoms with Gasteiger partial charge in [-0.1, -0.05) is 24.9 Å². The number of nitrogens with zero attached hydrogens (tertiary/aromatic N) is 3. The molecule has 106 valence electrons. The van der Waals surface area contributed by atoms with Crippen molar-refractivity contribution < 1.29 is 13.9 Å². The molecule has 0 N–H and O–H groups in total. The summed E-state index contributed by atoms with van der Waals surface area (Å²) in [6, 6.07) is 4.30. The molecule has 7 heteroatoms. The Morgan fingerprint density at radius 2 is 2.05 bits per heavy atom. The standard InChI is InChI=1S/C13H16FN3O2Si/c1-19-13(18)10-6-5-9(7-11(10)14)17-12(8-15-16-17)20(2,3)4/h5-8H,1-4H3. The third-order valence-electron chi connectivity index (χ3n) is 2.92. The second kappa shape index (κ2) is 5.16. The van der Waals surface area contributed by atoms with Crippen LogP contribution in [0.5, 0.6) is 0 Å². The van der Waals surface area contributed by atoms with E-state index in [0.717, 1.165) is 5.32 Å². The number of carbonyl (C=O) groups is 1. The molecule has 0 aliphatic heterocycles. The summed E-state index contributed by atoms with van der Waals surface area (Å²) in [4.78, 5) is 11.4. The minimum atomic E-state index is -1.64. The molecule has 0 saturated heterocycles. The van der Waals surface area contributed by atoms with Crippen LogP contribution in [-0.4, -0.2) is 36.1 Å². The van der Waals surface area contributed by atoms with Crippen LogP contribution in [0, 0.1) is 5.82 Å². The molecule has 20 heavy (non-hydrogen) atoms. The molecule has 0 fully saturated rings. The minimum Gasteiger partial charge on any atom is -0.465 e. The van der Waals surface area contributed by atoms with E-state index in [2.05, 4.69) is 34.7 Å². The van der Waals surface area contributed by atoms with E-state index in [1.54, 1.807) is 16.9 Å². The molecule has 2 aromatic rings. The number of rotatable bonds is 3. The highest BCUT2D eigenvalue weighted by atomic mass is 28.3. The van der Waals surface area contributed by atoms with Crippen molar-refractivity contribution in [2.45, 2.75) is 19.6 Å². The smallest absolute Gasteiger partial charge is 0.340 e. The van der Waals surface area contributed by atoms with E-state index in [0.29, 0.717) is 5.69 Å². The van der Waals surface area contributed by atoms with Gasteiger partial charge >= 0.3 is 5.97 Å². The van der Waals surface area contributed by atoms with Crippen LogP contribution < -0.4 is 5.32 Å². The lowest BCUT2D eigenvalue weighted by Crippen LogP contribution is -2.42. The molecule has 1 aromatic carbocycles. The number of hydrogen-bond donors (Lipinski definition) is 0. The second-order valence-corrected chi connectivity index (χ2v) is 10.4. The van der Waals surface area contributed by atoms with Crippen LogP contribution in [0.1, 0.15) is 10.4 Å². The number of methoxy groups -OCH3 is 1. The Hall–Kier alpha value is -2.02. The van der Waals surface area contributed by atoms with Crippen molar-refractivity contribution in [1.29, 1.82) is 0 Å². The molecule has 0 spiro atoms. The Labute approximate surface area is 117 Å². The molecule has 2 rings (SSSR count). The van der Waals surface area contributed by atoms with Crippen LogP contribution in [0.4, 0.5) is 4.39 Å². The van der Waals surface area contributed by atoms with E-state index in [9.17, 15) is 9.18 Å². The summed E-state index contributed by atoms with van der Waals surface area (Å²) in [6.07, 6.45) is 1.71. The summed E-state index contributed by atoms with van der Waals surface area (Å²) in [5.74, 6) is -1.33. The first-order valence-corrected chi connectivity index (χ1v) is 9.64. The van der Waals surface area contributed by atoms with Gasteiger partial charge in [0.25, 0.3) is 0 Å². The third-order valence-corrected chi connectivity index (χ3v) is 4.80. The van der Waals surface area contributed by atoms with Crippen molar-refractivity contribution in [3.05, 3.63) is 35.8 Å². The van der Waals surface area contributed by atoms with Crippen molar-refractivity contribution in [3.63, 3.8) is 0 Å². The number of benzene rings is 1. The molecule has 0 aliphatic rings. The number of carbonyl (C=O) groups excluding carboxylic acids is 1. The van der Waals surface area contributed by atoms with E-state index in [4.69, 9.17) is 0 Å². The van der Waals surface area contributed by atoms with Gasteiger partial charge in [-0.3, -0.25) is 0 Å². The summed E-state index contributed by atoms with van der Waals surface area (Å²) in [7, 11) is -0.426. The maximum Gasteiger partial charge on any atom is 0.340 e. The molecule has 5 nitrogen and oxygen atoms in total.